The largest absolute Gasteiger partial charge is 0.399 e. The van der Waals surface area contributed by atoms with Gasteiger partial charge in [0.15, 0.2) is 5.65 Å². The van der Waals surface area contributed by atoms with E-state index < -0.39 is 0 Å². The fourth-order valence-corrected chi connectivity index (χ4v) is 2.40. The molecule has 0 aliphatic rings. The number of hydrogen-bond donors (Lipinski definition) is 1. The van der Waals surface area contributed by atoms with Crippen LogP contribution in [0.2, 0.25) is 0 Å². The van der Waals surface area contributed by atoms with E-state index >= 15 is 0 Å². The van der Waals surface area contributed by atoms with Gasteiger partial charge in [-0.1, -0.05) is 19.1 Å². The molecular formula is C16H18N4. The molecule has 2 aromatic heterocycles. The van der Waals surface area contributed by atoms with E-state index in [1.165, 1.54) is 5.56 Å². The number of nitrogens with two attached hydrogens (primary N) is 1. The molecule has 0 bridgehead atoms. The molecule has 102 valence electrons. The summed E-state index contributed by atoms with van der Waals surface area (Å²) in [6, 6.07) is 10.0. The van der Waals surface area contributed by atoms with Gasteiger partial charge in [0.2, 0.25) is 0 Å². The first-order valence-corrected chi connectivity index (χ1v) is 6.83. The molecule has 4 heteroatoms. The molecule has 0 unspecified atom stereocenters. The Morgan fingerprint density at radius 3 is 2.65 bits per heavy atom. The smallest absolute Gasteiger partial charge is 0.160 e. The van der Waals surface area contributed by atoms with Gasteiger partial charge in [-0.3, -0.25) is 0 Å². The third-order valence-corrected chi connectivity index (χ3v) is 3.44. The maximum atomic E-state index is 5.73. The zero-order valence-electron chi connectivity index (χ0n) is 11.8. The molecule has 2 heterocycles. The van der Waals surface area contributed by atoms with E-state index in [0.717, 1.165) is 41.2 Å². The van der Waals surface area contributed by atoms with Crippen molar-refractivity contribution in [3.05, 3.63) is 53.5 Å². The van der Waals surface area contributed by atoms with Crippen LogP contribution in [0.5, 0.6) is 0 Å². The lowest BCUT2D eigenvalue weighted by molar-refractivity contribution is 0.746. The molecule has 0 fully saturated rings. The third-order valence-electron chi connectivity index (χ3n) is 3.44. The number of hydrogen-bond acceptors (Lipinski definition) is 3. The van der Waals surface area contributed by atoms with Gasteiger partial charge in [0.05, 0.1) is 6.54 Å². The third kappa shape index (κ3) is 2.25. The van der Waals surface area contributed by atoms with Gasteiger partial charge < -0.3 is 10.3 Å². The number of fused-ring (bicyclic) bond motifs is 1. The number of imidazole rings is 1. The van der Waals surface area contributed by atoms with Crippen molar-refractivity contribution in [3.63, 3.8) is 0 Å². The Morgan fingerprint density at radius 2 is 1.95 bits per heavy atom. The zero-order chi connectivity index (χ0) is 14.1. The Hall–Kier alpha value is -2.36. The number of rotatable bonds is 3. The summed E-state index contributed by atoms with van der Waals surface area (Å²) in [4.78, 5) is 9.22. The van der Waals surface area contributed by atoms with Gasteiger partial charge in [0.25, 0.3) is 0 Å². The highest BCUT2D eigenvalue weighted by Gasteiger charge is 2.11. The van der Waals surface area contributed by atoms with Gasteiger partial charge in [0, 0.05) is 18.3 Å². The maximum Gasteiger partial charge on any atom is 0.160 e. The molecule has 0 saturated carbocycles. The summed E-state index contributed by atoms with van der Waals surface area (Å²) in [6.45, 7) is 4.93. The minimum absolute atomic E-state index is 0.774. The van der Waals surface area contributed by atoms with Crippen molar-refractivity contribution < 1.29 is 0 Å². The second-order valence-corrected chi connectivity index (χ2v) is 5.06. The average Bonchev–Trinajstić information content (AvgIpc) is 2.78. The molecule has 20 heavy (non-hydrogen) atoms. The van der Waals surface area contributed by atoms with E-state index in [-0.39, 0.29) is 0 Å². The topological polar surface area (TPSA) is 56.7 Å². The monoisotopic (exact) mass is 266 g/mol. The predicted octanol–water partition coefficient (Wildman–Crippen LogP) is 2.93. The minimum Gasteiger partial charge on any atom is -0.399 e. The van der Waals surface area contributed by atoms with Crippen LogP contribution in [0.4, 0.5) is 5.69 Å². The lowest BCUT2D eigenvalue weighted by Crippen LogP contribution is -2.05. The van der Waals surface area contributed by atoms with Crippen LogP contribution in [0.1, 0.15) is 23.9 Å². The summed E-state index contributed by atoms with van der Waals surface area (Å²) in [6.07, 6.45) is 2.79. The number of aryl methyl sites for hydroxylation is 2. The van der Waals surface area contributed by atoms with Crippen molar-refractivity contribution in [1.82, 2.24) is 14.5 Å². The van der Waals surface area contributed by atoms with Crippen LogP contribution >= 0.6 is 0 Å². The van der Waals surface area contributed by atoms with Gasteiger partial charge >= 0.3 is 0 Å². The molecule has 3 aromatic rings. The second-order valence-electron chi connectivity index (χ2n) is 5.06. The summed E-state index contributed by atoms with van der Waals surface area (Å²) in [5.74, 6) is 1.06. The van der Waals surface area contributed by atoms with E-state index in [1.807, 2.05) is 25.3 Å². The highest BCUT2D eigenvalue weighted by Crippen LogP contribution is 2.18. The fourth-order valence-electron chi connectivity index (χ4n) is 2.40. The molecule has 2 N–H and O–H groups in total. The van der Waals surface area contributed by atoms with E-state index in [4.69, 9.17) is 5.73 Å². The van der Waals surface area contributed by atoms with Crippen molar-refractivity contribution >= 4 is 16.9 Å². The first-order valence-electron chi connectivity index (χ1n) is 6.83. The standard InChI is InChI=1S/C16H18N4/c1-3-15-19-14-8-11(2)9-18-16(14)20(15)10-12-4-6-13(17)7-5-12/h4-9H,3,10,17H2,1-2H3. The van der Waals surface area contributed by atoms with E-state index in [9.17, 15) is 0 Å². The number of benzene rings is 1. The van der Waals surface area contributed by atoms with Gasteiger partial charge in [-0.05, 0) is 36.2 Å². The molecule has 3 rings (SSSR count). The van der Waals surface area contributed by atoms with Crippen LogP contribution in [0.25, 0.3) is 11.2 Å². The molecule has 0 saturated heterocycles. The predicted molar refractivity (Wildman–Crippen MR) is 81.6 cm³/mol. The average molecular weight is 266 g/mol. The van der Waals surface area contributed by atoms with Crippen molar-refractivity contribution in [3.8, 4) is 0 Å². The number of aromatic nitrogens is 3. The number of pyridine rings is 1. The molecule has 0 aliphatic carbocycles. The van der Waals surface area contributed by atoms with Crippen LogP contribution in [0.3, 0.4) is 0 Å². The molecular weight excluding hydrogens is 248 g/mol. The number of anilines is 1. The van der Waals surface area contributed by atoms with Crippen LogP contribution in [-0.4, -0.2) is 14.5 Å². The van der Waals surface area contributed by atoms with E-state index in [0.29, 0.717) is 0 Å². The quantitative estimate of drug-likeness (QED) is 0.741. The second kappa shape index (κ2) is 4.96. The first kappa shape index (κ1) is 12.7. The molecule has 1 aromatic carbocycles. The lowest BCUT2D eigenvalue weighted by atomic mass is 10.2. The van der Waals surface area contributed by atoms with E-state index in [1.54, 1.807) is 0 Å². The normalized spacial score (nSPS) is 11.1. The first-order chi connectivity index (χ1) is 9.67. The van der Waals surface area contributed by atoms with Crippen LogP contribution in [-0.2, 0) is 13.0 Å². The Balaban J connectivity index is 2.07. The Labute approximate surface area is 118 Å². The molecule has 0 atom stereocenters. The molecule has 4 nitrogen and oxygen atoms in total. The van der Waals surface area contributed by atoms with Gasteiger partial charge in [-0.25, -0.2) is 9.97 Å². The highest BCUT2D eigenvalue weighted by molar-refractivity contribution is 5.72. The minimum atomic E-state index is 0.774. The molecule has 0 spiro atoms. The van der Waals surface area contributed by atoms with Crippen molar-refractivity contribution in [2.24, 2.45) is 0 Å². The summed E-state index contributed by atoms with van der Waals surface area (Å²) in [5.41, 5.74) is 10.8. The lowest BCUT2D eigenvalue weighted by Gasteiger charge is -2.08. The summed E-state index contributed by atoms with van der Waals surface area (Å²) in [7, 11) is 0. The van der Waals surface area contributed by atoms with E-state index in [2.05, 4.69) is 39.7 Å². The van der Waals surface area contributed by atoms with Crippen molar-refractivity contribution in [1.29, 1.82) is 0 Å². The van der Waals surface area contributed by atoms with Crippen LogP contribution in [0, 0.1) is 6.92 Å². The molecule has 0 amide bonds. The molecule has 0 aliphatic heterocycles. The zero-order valence-corrected chi connectivity index (χ0v) is 11.8. The fraction of sp³-hybridized carbons (Fsp3) is 0.250. The van der Waals surface area contributed by atoms with Crippen LogP contribution in [0.15, 0.2) is 36.5 Å². The van der Waals surface area contributed by atoms with Gasteiger partial charge in [-0.2, -0.15) is 0 Å². The van der Waals surface area contributed by atoms with Crippen LogP contribution < -0.4 is 5.73 Å². The van der Waals surface area contributed by atoms with Crippen molar-refractivity contribution in [2.75, 3.05) is 5.73 Å². The summed E-state index contributed by atoms with van der Waals surface area (Å²) >= 11 is 0. The van der Waals surface area contributed by atoms with Gasteiger partial charge in [-0.15, -0.1) is 0 Å². The SMILES string of the molecule is CCc1nc2cc(C)cnc2n1Cc1ccc(N)cc1. The Kier molecular flexibility index (Phi) is 3.14. The van der Waals surface area contributed by atoms with Crippen molar-refractivity contribution in [2.45, 2.75) is 26.8 Å². The maximum absolute atomic E-state index is 5.73. The summed E-state index contributed by atoms with van der Waals surface area (Å²) in [5, 5.41) is 0. The molecule has 0 radical (unpaired) electrons. The highest BCUT2D eigenvalue weighted by atomic mass is 15.1. The number of nitrogens with zero attached hydrogens (tertiary/aromatic N) is 3. The number of nitrogen functional groups attached to an aromatic ring is 1. The van der Waals surface area contributed by atoms with Gasteiger partial charge in [0.1, 0.15) is 11.3 Å². The Morgan fingerprint density at radius 1 is 1.20 bits per heavy atom. The summed E-state index contributed by atoms with van der Waals surface area (Å²) < 4.78 is 2.18. The Bertz CT molecular complexity index is 741.